The smallest absolute Gasteiger partial charge is 0.0235 e. The van der Waals surface area contributed by atoms with Crippen LogP contribution in [0.1, 0.15) is 86.0 Å². The Morgan fingerprint density at radius 2 is 1.29 bits per heavy atom. The van der Waals surface area contributed by atoms with Crippen molar-refractivity contribution in [3.05, 3.63) is 11.6 Å². The summed E-state index contributed by atoms with van der Waals surface area (Å²) in [5.41, 5.74) is 1.56. The Balaban J connectivity index is 3.24. The molecule has 0 heteroatoms. The molecule has 0 spiro atoms. The van der Waals surface area contributed by atoms with Gasteiger partial charge in [-0.15, -0.1) is 0 Å². The summed E-state index contributed by atoms with van der Waals surface area (Å²) in [5, 5.41) is 0. The first kappa shape index (κ1) is 16.7. The molecule has 0 aliphatic rings. The second-order valence-electron chi connectivity index (χ2n) is 6.03. The van der Waals surface area contributed by atoms with Crippen molar-refractivity contribution in [2.75, 3.05) is 0 Å². The highest BCUT2D eigenvalue weighted by atomic mass is 14.1. The summed E-state index contributed by atoms with van der Waals surface area (Å²) >= 11 is 0. The first-order valence-electron chi connectivity index (χ1n) is 7.70. The lowest BCUT2D eigenvalue weighted by Crippen LogP contribution is -1.96. The van der Waals surface area contributed by atoms with Crippen molar-refractivity contribution in [2.24, 2.45) is 11.8 Å². The van der Waals surface area contributed by atoms with Crippen LogP contribution in [-0.4, -0.2) is 0 Å². The molecule has 0 rings (SSSR count). The molecule has 0 fully saturated rings. The number of hydrogen-bond donors (Lipinski definition) is 0. The van der Waals surface area contributed by atoms with E-state index in [1.807, 2.05) is 0 Å². The van der Waals surface area contributed by atoms with Gasteiger partial charge in [0.2, 0.25) is 0 Å². The van der Waals surface area contributed by atoms with Crippen LogP contribution in [0, 0.1) is 11.8 Å². The van der Waals surface area contributed by atoms with Crippen molar-refractivity contribution in [1.29, 1.82) is 0 Å². The molecule has 0 aromatic carbocycles. The highest BCUT2D eigenvalue weighted by molar-refractivity contribution is 4.99. The molecule has 0 aromatic rings. The average molecular weight is 238 g/mol. The summed E-state index contributed by atoms with van der Waals surface area (Å²) in [6.07, 6.45) is 13.7. The van der Waals surface area contributed by atoms with Gasteiger partial charge in [0.25, 0.3) is 0 Å². The number of allylic oxidation sites excluding steroid dienone is 2. The largest absolute Gasteiger partial charge is 0.0885 e. The van der Waals surface area contributed by atoms with E-state index in [-0.39, 0.29) is 0 Å². The SMILES string of the molecule is CC=C(C)C(C)CCCCCCCCC(C)C. The highest BCUT2D eigenvalue weighted by Gasteiger charge is 2.02. The van der Waals surface area contributed by atoms with Crippen LogP contribution >= 0.6 is 0 Å². The Morgan fingerprint density at radius 1 is 0.824 bits per heavy atom. The second kappa shape index (κ2) is 10.9. The Kier molecular flexibility index (Phi) is 10.7. The minimum atomic E-state index is 0.793. The summed E-state index contributed by atoms with van der Waals surface area (Å²) in [7, 11) is 0. The standard InChI is InChI=1S/C17H34/c1-6-16(4)17(5)14-12-10-8-7-9-11-13-15(2)3/h6,15,17H,7-14H2,1-5H3. The molecule has 102 valence electrons. The molecule has 1 atom stereocenters. The topological polar surface area (TPSA) is 0 Å². The van der Waals surface area contributed by atoms with Crippen LogP contribution in [0.3, 0.4) is 0 Å². The van der Waals surface area contributed by atoms with Crippen LogP contribution in [0.25, 0.3) is 0 Å². The van der Waals surface area contributed by atoms with Crippen molar-refractivity contribution >= 4 is 0 Å². The lowest BCUT2D eigenvalue weighted by atomic mass is 9.95. The molecule has 17 heavy (non-hydrogen) atoms. The minimum Gasteiger partial charge on any atom is -0.0885 e. The van der Waals surface area contributed by atoms with Crippen molar-refractivity contribution in [3.8, 4) is 0 Å². The van der Waals surface area contributed by atoms with Crippen molar-refractivity contribution < 1.29 is 0 Å². The van der Waals surface area contributed by atoms with Crippen LogP contribution in [0.15, 0.2) is 11.6 Å². The van der Waals surface area contributed by atoms with Crippen LogP contribution in [-0.2, 0) is 0 Å². The molecule has 0 heterocycles. The van der Waals surface area contributed by atoms with Crippen molar-refractivity contribution in [3.63, 3.8) is 0 Å². The van der Waals surface area contributed by atoms with Crippen LogP contribution < -0.4 is 0 Å². The van der Waals surface area contributed by atoms with Crippen molar-refractivity contribution in [2.45, 2.75) is 86.0 Å². The van der Waals surface area contributed by atoms with Gasteiger partial charge >= 0.3 is 0 Å². The van der Waals surface area contributed by atoms with Gasteiger partial charge in [-0.25, -0.2) is 0 Å². The quantitative estimate of drug-likeness (QED) is 0.306. The first-order chi connectivity index (χ1) is 8.07. The zero-order chi connectivity index (χ0) is 13.1. The van der Waals surface area contributed by atoms with E-state index < -0.39 is 0 Å². The summed E-state index contributed by atoms with van der Waals surface area (Å²) in [4.78, 5) is 0. The lowest BCUT2D eigenvalue weighted by molar-refractivity contribution is 0.496. The van der Waals surface area contributed by atoms with E-state index >= 15 is 0 Å². The Bertz CT molecular complexity index is 188. The van der Waals surface area contributed by atoms with E-state index in [1.165, 1.54) is 51.4 Å². The van der Waals surface area contributed by atoms with Gasteiger partial charge in [-0.05, 0) is 32.1 Å². The van der Waals surface area contributed by atoms with Gasteiger partial charge in [-0.1, -0.05) is 77.4 Å². The molecule has 0 amide bonds. The predicted octanol–water partition coefficient (Wildman–Crippen LogP) is 6.37. The number of rotatable bonds is 10. The molecule has 0 aromatic heterocycles. The molecular formula is C17H34. The van der Waals surface area contributed by atoms with Crippen LogP contribution in [0.2, 0.25) is 0 Å². The van der Waals surface area contributed by atoms with E-state index in [0.29, 0.717) is 0 Å². The number of unbranched alkanes of at least 4 members (excludes halogenated alkanes) is 5. The van der Waals surface area contributed by atoms with E-state index in [4.69, 9.17) is 0 Å². The molecule has 0 nitrogen and oxygen atoms in total. The molecule has 0 aliphatic heterocycles. The Labute approximate surface area is 110 Å². The van der Waals surface area contributed by atoms with E-state index in [0.717, 1.165) is 11.8 Å². The van der Waals surface area contributed by atoms with E-state index in [1.54, 1.807) is 5.57 Å². The fourth-order valence-electron chi connectivity index (χ4n) is 2.22. The molecule has 0 radical (unpaired) electrons. The zero-order valence-electron chi connectivity index (χ0n) is 12.9. The predicted molar refractivity (Wildman–Crippen MR) is 80.4 cm³/mol. The Hall–Kier alpha value is -0.260. The Morgan fingerprint density at radius 3 is 1.76 bits per heavy atom. The average Bonchev–Trinajstić information content (AvgIpc) is 2.30. The monoisotopic (exact) mass is 238 g/mol. The third-order valence-corrected chi connectivity index (χ3v) is 3.90. The maximum Gasteiger partial charge on any atom is -0.0235 e. The minimum absolute atomic E-state index is 0.793. The molecule has 1 unspecified atom stereocenters. The zero-order valence-corrected chi connectivity index (χ0v) is 12.9. The maximum absolute atomic E-state index is 2.36. The van der Waals surface area contributed by atoms with Crippen LogP contribution in [0.4, 0.5) is 0 Å². The fraction of sp³-hybridized carbons (Fsp3) is 0.882. The molecule has 0 saturated heterocycles. The first-order valence-corrected chi connectivity index (χ1v) is 7.70. The van der Waals surface area contributed by atoms with Gasteiger partial charge in [0.1, 0.15) is 0 Å². The maximum atomic E-state index is 2.36. The summed E-state index contributed by atoms with van der Waals surface area (Å²) in [6.45, 7) is 11.4. The highest BCUT2D eigenvalue weighted by Crippen LogP contribution is 2.18. The van der Waals surface area contributed by atoms with Crippen molar-refractivity contribution in [1.82, 2.24) is 0 Å². The normalized spacial score (nSPS) is 14.4. The van der Waals surface area contributed by atoms with Gasteiger partial charge in [0, 0.05) is 0 Å². The van der Waals surface area contributed by atoms with E-state index in [9.17, 15) is 0 Å². The van der Waals surface area contributed by atoms with Crippen LogP contribution in [0.5, 0.6) is 0 Å². The second-order valence-corrected chi connectivity index (χ2v) is 6.03. The molecular weight excluding hydrogens is 204 g/mol. The van der Waals surface area contributed by atoms with E-state index in [2.05, 4.69) is 40.7 Å². The third kappa shape index (κ3) is 10.6. The number of hydrogen-bond acceptors (Lipinski definition) is 0. The summed E-state index contributed by atoms with van der Waals surface area (Å²) < 4.78 is 0. The lowest BCUT2D eigenvalue weighted by Gasteiger charge is -2.11. The van der Waals surface area contributed by atoms with Gasteiger partial charge in [-0.2, -0.15) is 0 Å². The summed E-state index contributed by atoms with van der Waals surface area (Å²) in [5.74, 6) is 1.68. The molecule has 0 bridgehead atoms. The van der Waals surface area contributed by atoms with Gasteiger partial charge in [-0.3, -0.25) is 0 Å². The summed E-state index contributed by atoms with van der Waals surface area (Å²) in [6, 6.07) is 0. The fourth-order valence-corrected chi connectivity index (χ4v) is 2.22. The third-order valence-electron chi connectivity index (χ3n) is 3.90. The van der Waals surface area contributed by atoms with Gasteiger partial charge in [0.15, 0.2) is 0 Å². The van der Waals surface area contributed by atoms with Gasteiger partial charge in [0.05, 0.1) is 0 Å². The molecule has 0 aliphatic carbocycles. The molecule has 0 N–H and O–H groups in total. The van der Waals surface area contributed by atoms with Gasteiger partial charge < -0.3 is 0 Å². The molecule has 0 saturated carbocycles.